The highest BCUT2D eigenvalue weighted by Crippen LogP contribution is 2.27. The zero-order valence-corrected chi connectivity index (χ0v) is 19.9. The Bertz CT molecular complexity index is 856. The molecule has 0 saturated heterocycles. The molecule has 0 aliphatic rings. The van der Waals surface area contributed by atoms with Gasteiger partial charge in [0.25, 0.3) is 0 Å². The number of carbonyl (C=O) groups excluding carboxylic acids is 2. The van der Waals surface area contributed by atoms with Crippen LogP contribution in [0.3, 0.4) is 0 Å². The Morgan fingerprint density at radius 2 is 1.77 bits per heavy atom. The Morgan fingerprint density at radius 3 is 2.40 bits per heavy atom. The second-order valence-corrected chi connectivity index (χ2v) is 8.91. The van der Waals surface area contributed by atoms with Crippen molar-refractivity contribution in [1.29, 1.82) is 0 Å². The van der Waals surface area contributed by atoms with Crippen molar-refractivity contribution in [2.75, 3.05) is 12.3 Å². The number of nitrogens with zero attached hydrogens (tertiary/aromatic N) is 1. The highest BCUT2D eigenvalue weighted by Gasteiger charge is 2.27. The van der Waals surface area contributed by atoms with Gasteiger partial charge in [0.2, 0.25) is 11.8 Å². The summed E-state index contributed by atoms with van der Waals surface area (Å²) in [5.41, 5.74) is 3.04. The number of rotatable bonds is 10. The van der Waals surface area contributed by atoms with Gasteiger partial charge in [0.05, 0.1) is 5.75 Å². The number of thioether (sulfide) groups is 1. The van der Waals surface area contributed by atoms with Gasteiger partial charge in [-0.15, -0.1) is 11.8 Å². The first-order valence-electron chi connectivity index (χ1n) is 9.97. The van der Waals surface area contributed by atoms with Crippen LogP contribution in [0.2, 0.25) is 10.0 Å². The van der Waals surface area contributed by atoms with Crippen molar-refractivity contribution in [3.05, 3.63) is 69.2 Å². The van der Waals surface area contributed by atoms with Gasteiger partial charge < -0.3 is 10.2 Å². The molecular weight excluding hydrogens is 439 g/mol. The van der Waals surface area contributed by atoms with Gasteiger partial charge in [-0.05, 0) is 43.5 Å². The number of amides is 2. The van der Waals surface area contributed by atoms with Crippen LogP contribution in [0.4, 0.5) is 0 Å². The van der Waals surface area contributed by atoms with Crippen LogP contribution in [0.25, 0.3) is 0 Å². The minimum atomic E-state index is -0.629. The van der Waals surface area contributed by atoms with Crippen molar-refractivity contribution in [2.45, 2.75) is 45.5 Å². The monoisotopic (exact) mass is 466 g/mol. The number of aryl methyl sites for hydroxylation is 1. The molecule has 2 amide bonds. The molecule has 2 rings (SSSR count). The Morgan fingerprint density at radius 1 is 1.10 bits per heavy atom. The molecule has 0 aliphatic carbocycles. The predicted octanol–water partition coefficient (Wildman–Crippen LogP) is 5.48. The Balaban J connectivity index is 2.14. The number of carbonyl (C=O) groups is 2. The van der Waals surface area contributed by atoms with Crippen molar-refractivity contribution in [3.63, 3.8) is 0 Å². The van der Waals surface area contributed by atoms with Gasteiger partial charge in [-0.25, -0.2) is 0 Å². The topological polar surface area (TPSA) is 49.4 Å². The highest BCUT2D eigenvalue weighted by atomic mass is 35.5. The molecule has 0 saturated carbocycles. The molecular formula is C23H28Cl2N2O2S. The normalized spacial score (nSPS) is 11.8. The number of halogens is 2. The molecule has 0 aromatic heterocycles. The quantitative estimate of drug-likeness (QED) is 0.504. The summed E-state index contributed by atoms with van der Waals surface area (Å²) < 4.78 is 0. The molecule has 0 bridgehead atoms. The second kappa shape index (κ2) is 12.2. The van der Waals surface area contributed by atoms with E-state index in [1.165, 1.54) is 22.9 Å². The molecule has 4 nitrogen and oxygen atoms in total. The molecule has 0 unspecified atom stereocenters. The van der Waals surface area contributed by atoms with Crippen LogP contribution in [0, 0.1) is 6.92 Å². The molecule has 30 heavy (non-hydrogen) atoms. The molecule has 1 atom stereocenters. The van der Waals surface area contributed by atoms with Crippen LogP contribution in [-0.4, -0.2) is 35.1 Å². The number of nitrogens with one attached hydrogen (secondary N) is 1. The molecule has 0 radical (unpaired) electrons. The summed E-state index contributed by atoms with van der Waals surface area (Å²) in [5.74, 6) is 0.693. The van der Waals surface area contributed by atoms with Crippen molar-refractivity contribution in [1.82, 2.24) is 10.2 Å². The van der Waals surface area contributed by atoms with E-state index in [1.54, 1.807) is 30.0 Å². The number of hydrogen-bond acceptors (Lipinski definition) is 3. The van der Waals surface area contributed by atoms with Gasteiger partial charge in [0.15, 0.2) is 0 Å². The Hall–Kier alpha value is -1.69. The molecule has 0 aliphatic heterocycles. The summed E-state index contributed by atoms with van der Waals surface area (Å²) in [5, 5.41) is 3.83. The molecule has 0 heterocycles. The smallest absolute Gasteiger partial charge is 0.242 e. The average Bonchev–Trinajstić information content (AvgIpc) is 2.72. The minimum Gasteiger partial charge on any atom is -0.354 e. The maximum absolute atomic E-state index is 13.1. The molecule has 0 fully saturated rings. The zero-order valence-electron chi connectivity index (χ0n) is 17.6. The summed E-state index contributed by atoms with van der Waals surface area (Å²) in [6, 6.07) is 12.7. The molecule has 2 aromatic rings. The van der Waals surface area contributed by atoms with E-state index in [1.807, 2.05) is 19.1 Å². The van der Waals surface area contributed by atoms with Crippen molar-refractivity contribution >= 4 is 46.8 Å². The zero-order chi connectivity index (χ0) is 22.1. The standard InChI is InChI=1S/C23H28Cl2N2O2S/c1-4-12-26-23(29)17(3)27(13-19-20(24)10-7-11-21(19)25)22(28)15-30-14-18-9-6-5-8-16(18)2/h5-11,17H,4,12-15H2,1-3H3,(H,26,29)/t17-/m0/s1. The minimum absolute atomic E-state index is 0.122. The summed E-state index contributed by atoms with van der Waals surface area (Å²) >= 11 is 14.2. The van der Waals surface area contributed by atoms with Gasteiger partial charge in [-0.1, -0.05) is 60.5 Å². The van der Waals surface area contributed by atoms with E-state index in [0.29, 0.717) is 22.2 Å². The predicted molar refractivity (Wildman–Crippen MR) is 127 cm³/mol. The lowest BCUT2D eigenvalue weighted by Crippen LogP contribution is -2.48. The summed E-state index contributed by atoms with van der Waals surface area (Å²) in [4.78, 5) is 27.2. The van der Waals surface area contributed by atoms with Gasteiger partial charge in [-0.3, -0.25) is 9.59 Å². The van der Waals surface area contributed by atoms with Gasteiger partial charge >= 0.3 is 0 Å². The van der Waals surface area contributed by atoms with E-state index in [-0.39, 0.29) is 24.1 Å². The lowest BCUT2D eigenvalue weighted by molar-refractivity contribution is -0.138. The maximum Gasteiger partial charge on any atom is 0.242 e. The van der Waals surface area contributed by atoms with Crippen LogP contribution in [0.5, 0.6) is 0 Å². The fourth-order valence-corrected chi connectivity index (χ4v) is 4.44. The van der Waals surface area contributed by atoms with Crippen molar-refractivity contribution < 1.29 is 9.59 Å². The first-order valence-corrected chi connectivity index (χ1v) is 11.9. The van der Waals surface area contributed by atoms with Gasteiger partial charge in [0, 0.05) is 34.5 Å². The molecule has 7 heteroatoms. The van der Waals surface area contributed by atoms with Crippen LogP contribution in [-0.2, 0) is 21.9 Å². The van der Waals surface area contributed by atoms with Crippen LogP contribution in [0.1, 0.15) is 37.0 Å². The lowest BCUT2D eigenvalue weighted by Gasteiger charge is -2.29. The average molecular weight is 467 g/mol. The summed E-state index contributed by atoms with van der Waals surface area (Å²) in [7, 11) is 0. The van der Waals surface area contributed by atoms with E-state index in [0.717, 1.165) is 12.2 Å². The van der Waals surface area contributed by atoms with E-state index in [9.17, 15) is 9.59 Å². The number of benzene rings is 2. The fourth-order valence-electron chi connectivity index (χ4n) is 2.94. The highest BCUT2D eigenvalue weighted by molar-refractivity contribution is 7.99. The molecule has 2 aromatic carbocycles. The van der Waals surface area contributed by atoms with E-state index in [4.69, 9.17) is 23.2 Å². The second-order valence-electron chi connectivity index (χ2n) is 7.11. The van der Waals surface area contributed by atoms with Crippen LogP contribution >= 0.6 is 35.0 Å². The van der Waals surface area contributed by atoms with Crippen LogP contribution < -0.4 is 5.32 Å². The summed E-state index contributed by atoms with van der Waals surface area (Å²) in [6.45, 7) is 6.53. The SMILES string of the molecule is CCCNC(=O)[C@H](C)N(Cc1c(Cl)cccc1Cl)C(=O)CSCc1ccccc1C. The molecule has 1 N–H and O–H groups in total. The molecule has 162 valence electrons. The first kappa shape index (κ1) is 24.6. The third-order valence-corrected chi connectivity index (χ3v) is 6.53. The third kappa shape index (κ3) is 6.93. The first-order chi connectivity index (χ1) is 14.3. The molecule has 0 spiro atoms. The van der Waals surface area contributed by atoms with Crippen LogP contribution in [0.15, 0.2) is 42.5 Å². The van der Waals surface area contributed by atoms with Crippen molar-refractivity contribution in [2.24, 2.45) is 0 Å². The van der Waals surface area contributed by atoms with Gasteiger partial charge in [0.1, 0.15) is 6.04 Å². The lowest BCUT2D eigenvalue weighted by atomic mass is 10.1. The third-order valence-electron chi connectivity index (χ3n) is 4.85. The summed E-state index contributed by atoms with van der Waals surface area (Å²) in [6.07, 6.45) is 0.828. The Labute approximate surface area is 193 Å². The fraction of sp³-hybridized carbons (Fsp3) is 0.391. The number of hydrogen-bond donors (Lipinski definition) is 1. The maximum atomic E-state index is 13.1. The van der Waals surface area contributed by atoms with E-state index in [2.05, 4.69) is 24.4 Å². The van der Waals surface area contributed by atoms with E-state index >= 15 is 0 Å². The largest absolute Gasteiger partial charge is 0.354 e. The van der Waals surface area contributed by atoms with E-state index < -0.39 is 6.04 Å². The Kier molecular flexibility index (Phi) is 10.0. The van der Waals surface area contributed by atoms with Crippen molar-refractivity contribution in [3.8, 4) is 0 Å². The van der Waals surface area contributed by atoms with Gasteiger partial charge in [-0.2, -0.15) is 0 Å².